The Morgan fingerprint density at radius 1 is 1.08 bits per heavy atom. The first-order valence-electron chi connectivity index (χ1n) is 7.46. The lowest BCUT2D eigenvalue weighted by Gasteiger charge is -2.02. The second-order valence-electron chi connectivity index (χ2n) is 5.43. The maximum Gasteiger partial charge on any atom is 0.200 e. The van der Waals surface area contributed by atoms with Gasteiger partial charge in [0, 0.05) is 18.2 Å². The first-order valence-corrected chi connectivity index (χ1v) is 8.45. The van der Waals surface area contributed by atoms with Crippen molar-refractivity contribution in [2.75, 3.05) is 0 Å². The van der Waals surface area contributed by atoms with E-state index in [0.717, 1.165) is 21.7 Å². The Morgan fingerprint density at radius 2 is 1.88 bits per heavy atom. The van der Waals surface area contributed by atoms with E-state index in [1.165, 1.54) is 12.1 Å². The Bertz CT molecular complexity index is 958. The molecule has 0 amide bonds. The number of hydrogen-bond acceptors (Lipinski definition) is 4. The van der Waals surface area contributed by atoms with Crippen molar-refractivity contribution in [3.05, 3.63) is 66.0 Å². The molecule has 2 aromatic heterocycles. The number of halogens is 1. The molecule has 0 unspecified atom stereocenters. The molecule has 24 heavy (non-hydrogen) atoms. The van der Waals surface area contributed by atoms with Crippen LogP contribution in [-0.4, -0.2) is 14.8 Å². The van der Waals surface area contributed by atoms with Gasteiger partial charge in [0.25, 0.3) is 0 Å². The summed E-state index contributed by atoms with van der Waals surface area (Å²) in [5, 5.41) is 10.3. The monoisotopic (exact) mass is 339 g/mol. The van der Waals surface area contributed by atoms with Crippen LogP contribution in [0.15, 0.2) is 64.2 Å². The van der Waals surface area contributed by atoms with Gasteiger partial charge < -0.3 is 8.98 Å². The summed E-state index contributed by atoms with van der Waals surface area (Å²) in [4.78, 5) is 0. The third kappa shape index (κ3) is 2.80. The largest absolute Gasteiger partial charge is 0.453 e. The van der Waals surface area contributed by atoms with Gasteiger partial charge in [0.1, 0.15) is 11.4 Å². The standard InChI is InChI=1S/C18H14FN3OS/c1-22-17(16-10-13-4-2-3-5-15(13)23-16)20-21-18(22)24-11-12-6-8-14(19)9-7-12/h2-10H,11H2,1H3. The summed E-state index contributed by atoms with van der Waals surface area (Å²) < 4.78 is 20.7. The zero-order valence-electron chi connectivity index (χ0n) is 12.9. The lowest BCUT2D eigenvalue weighted by molar-refractivity contribution is 0.618. The van der Waals surface area contributed by atoms with Crippen molar-refractivity contribution in [1.82, 2.24) is 14.8 Å². The Morgan fingerprint density at radius 3 is 2.67 bits per heavy atom. The van der Waals surface area contributed by atoms with E-state index < -0.39 is 0 Å². The van der Waals surface area contributed by atoms with Gasteiger partial charge in [0.15, 0.2) is 16.7 Å². The summed E-state index contributed by atoms with van der Waals surface area (Å²) in [5.74, 6) is 1.86. The highest BCUT2D eigenvalue weighted by Gasteiger charge is 2.15. The van der Waals surface area contributed by atoms with Crippen LogP contribution in [0.1, 0.15) is 5.56 Å². The zero-order chi connectivity index (χ0) is 16.5. The van der Waals surface area contributed by atoms with Gasteiger partial charge in [-0.3, -0.25) is 0 Å². The lowest BCUT2D eigenvalue weighted by atomic mass is 10.2. The SMILES string of the molecule is Cn1c(SCc2ccc(F)cc2)nnc1-c1cc2ccccc2o1. The summed E-state index contributed by atoms with van der Waals surface area (Å²) in [7, 11) is 1.91. The van der Waals surface area contributed by atoms with E-state index in [1.54, 1.807) is 23.9 Å². The van der Waals surface area contributed by atoms with Crippen LogP contribution < -0.4 is 0 Å². The van der Waals surface area contributed by atoms with Gasteiger partial charge in [-0.15, -0.1) is 10.2 Å². The molecule has 2 heterocycles. The van der Waals surface area contributed by atoms with Crippen LogP contribution in [0, 0.1) is 5.82 Å². The molecule has 4 aromatic rings. The molecule has 0 N–H and O–H groups in total. The molecule has 0 saturated carbocycles. The summed E-state index contributed by atoms with van der Waals surface area (Å²) in [5.41, 5.74) is 1.87. The Labute approximate surface area is 142 Å². The second-order valence-corrected chi connectivity index (χ2v) is 6.37. The predicted molar refractivity (Wildman–Crippen MR) is 92.2 cm³/mol. The van der Waals surface area contributed by atoms with E-state index in [0.29, 0.717) is 17.3 Å². The molecule has 0 saturated heterocycles. The number of thioether (sulfide) groups is 1. The number of para-hydroxylation sites is 1. The van der Waals surface area contributed by atoms with Gasteiger partial charge in [-0.25, -0.2) is 4.39 Å². The fourth-order valence-electron chi connectivity index (χ4n) is 2.48. The summed E-state index contributed by atoms with van der Waals surface area (Å²) in [6, 6.07) is 16.3. The molecule has 6 heteroatoms. The lowest BCUT2D eigenvalue weighted by Crippen LogP contribution is -1.94. The van der Waals surface area contributed by atoms with Gasteiger partial charge >= 0.3 is 0 Å². The first-order chi connectivity index (χ1) is 11.7. The first kappa shape index (κ1) is 15.0. The molecule has 0 atom stereocenters. The Balaban J connectivity index is 1.57. The van der Waals surface area contributed by atoms with Crippen molar-refractivity contribution in [3.63, 3.8) is 0 Å². The highest BCUT2D eigenvalue weighted by Crippen LogP contribution is 2.29. The molecule has 4 rings (SSSR count). The molecule has 0 fully saturated rings. The number of hydrogen-bond donors (Lipinski definition) is 0. The predicted octanol–water partition coefficient (Wildman–Crippen LogP) is 4.66. The fraction of sp³-hybridized carbons (Fsp3) is 0.111. The normalized spacial score (nSPS) is 11.2. The second kappa shape index (κ2) is 6.13. The number of nitrogens with zero attached hydrogens (tertiary/aromatic N) is 3. The molecule has 0 spiro atoms. The van der Waals surface area contributed by atoms with E-state index in [4.69, 9.17) is 4.42 Å². The van der Waals surface area contributed by atoms with Crippen molar-refractivity contribution in [1.29, 1.82) is 0 Å². The Hall–Kier alpha value is -2.60. The number of aromatic nitrogens is 3. The highest BCUT2D eigenvalue weighted by molar-refractivity contribution is 7.98. The third-order valence-corrected chi connectivity index (χ3v) is 4.85. The fourth-order valence-corrected chi connectivity index (χ4v) is 3.34. The number of rotatable bonds is 4. The quantitative estimate of drug-likeness (QED) is 0.507. The van der Waals surface area contributed by atoms with E-state index in [2.05, 4.69) is 10.2 Å². The zero-order valence-corrected chi connectivity index (χ0v) is 13.8. The van der Waals surface area contributed by atoms with Crippen molar-refractivity contribution in [2.24, 2.45) is 7.05 Å². The molecule has 0 aliphatic heterocycles. The van der Waals surface area contributed by atoms with Crippen LogP contribution in [0.2, 0.25) is 0 Å². The van der Waals surface area contributed by atoms with Gasteiger partial charge in [-0.1, -0.05) is 42.1 Å². The van der Waals surface area contributed by atoms with E-state index >= 15 is 0 Å². The van der Waals surface area contributed by atoms with Gasteiger partial charge in [-0.2, -0.15) is 0 Å². The average Bonchev–Trinajstić information content (AvgIpc) is 3.17. The van der Waals surface area contributed by atoms with Crippen molar-refractivity contribution in [2.45, 2.75) is 10.9 Å². The molecule has 2 aromatic carbocycles. The minimum absolute atomic E-state index is 0.227. The minimum atomic E-state index is -0.227. The maximum atomic E-state index is 12.9. The van der Waals surface area contributed by atoms with E-state index in [1.807, 2.05) is 41.9 Å². The van der Waals surface area contributed by atoms with E-state index in [-0.39, 0.29) is 5.82 Å². The smallest absolute Gasteiger partial charge is 0.200 e. The van der Waals surface area contributed by atoms with Crippen LogP contribution in [-0.2, 0) is 12.8 Å². The van der Waals surface area contributed by atoms with Gasteiger partial charge in [0.05, 0.1) is 0 Å². The van der Waals surface area contributed by atoms with Crippen LogP contribution in [0.4, 0.5) is 4.39 Å². The topological polar surface area (TPSA) is 43.9 Å². The van der Waals surface area contributed by atoms with Gasteiger partial charge in [0.2, 0.25) is 0 Å². The number of fused-ring (bicyclic) bond motifs is 1. The highest BCUT2D eigenvalue weighted by atomic mass is 32.2. The van der Waals surface area contributed by atoms with Crippen molar-refractivity contribution in [3.8, 4) is 11.6 Å². The van der Waals surface area contributed by atoms with Crippen molar-refractivity contribution >= 4 is 22.7 Å². The average molecular weight is 339 g/mol. The third-order valence-electron chi connectivity index (χ3n) is 3.76. The summed E-state index contributed by atoms with van der Waals surface area (Å²) >= 11 is 1.55. The number of furan rings is 1. The molecule has 120 valence electrons. The van der Waals surface area contributed by atoms with Crippen LogP contribution in [0.25, 0.3) is 22.6 Å². The molecule has 0 aliphatic rings. The summed E-state index contributed by atoms with van der Waals surface area (Å²) in [6.45, 7) is 0. The van der Waals surface area contributed by atoms with Gasteiger partial charge in [-0.05, 0) is 29.8 Å². The van der Waals surface area contributed by atoms with Crippen molar-refractivity contribution < 1.29 is 8.81 Å². The molecule has 0 bridgehead atoms. The van der Waals surface area contributed by atoms with E-state index in [9.17, 15) is 4.39 Å². The van der Waals surface area contributed by atoms with Crippen LogP contribution >= 0.6 is 11.8 Å². The van der Waals surface area contributed by atoms with Crippen LogP contribution in [0.5, 0.6) is 0 Å². The number of benzene rings is 2. The molecule has 4 nitrogen and oxygen atoms in total. The Kier molecular flexibility index (Phi) is 3.82. The maximum absolute atomic E-state index is 12.9. The molecule has 0 radical (unpaired) electrons. The summed E-state index contributed by atoms with van der Waals surface area (Å²) in [6.07, 6.45) is 0. The van der Waals surface area contributed by atoms with Crippen LogP contribution in [0.3, 0.4) is 0 Å². The molecular weight excluding hydrogens is 325 g/mol. The molecule has 0 aliphatic carbocycles. The minimum Gasteiger partial charge on any atom is -0.453 e. The molecular formula is C18H14FN3OS.